The van der Waals surface area contributed by atoms with Crippen molar-refractivity contribution in [3.05, 3.63) is 29.2 Å². The van der Waals surface area contributed by atoms with Crippen LogP contribution in [0.25, 0.3) is 0 Å². The fourth-order valence-corrected chi connectivity index (χ4v) is 1.62. The first-order valence-corrected chi connectivity index (χ1v) is 5.45. The van der Waals surface area contributed by atoms with Crippen LogP contribution in [0.5, 0.6) is 0 Å². The number of rotatable bonds is 3. The Morgan fingerprint density at radius 2 is 2.24 bits per heavy atom. The maximum atomic E-state index is 5.86. The molecule has 0 aliphatic carbocycles. The average molecular weight is 253 g/mol. The van der Waals surface area contributed by atoms with Crippen LogP contribution < -0.4 is 11.1 Å². The summed E-state index contributed by atoms with van der Waals surface area (Å²) in [5, 5.41) is 3.27. The van der Waals surface area contributed by atoms with Crippen molar-refractivity contribution in [3.63, 3.8) is 0 Å². The highest BCUT2D eigenvalue weighted by Crippen LogP contribution is 2.20. The molecular weight excluding hydrogens is 240 g/mol. The number of hydrogen-bond acceptors (Lipinski definition) is 5. The summed E-state index contributed by atoms with van der Waals surface area (Å²) in [6, 6.07) is 0. The third-order valence-electron chi connectivity index (χ3n) is 2.44. The average Bonchev–Trinajstić information content (AvgIpc) is 2.67. The Bertz CT molecular complexity index is 536. The van der Waals surface area contributed by atoms with E-state index < -0.39 is 0 Å². The van der Waals surface area contributed by atoms with E-state index in [9.17, 15) is 0 Å². The maximum Gasteiger partial charge on any atom is 0.224 e. The zero-order valence-corrected chi connectivity index (χ0v) is 10.4. The Labute approximate surface area is 104 Å². The monoisotopic (exact) mass is 252 g/mol. The molecule has 0 aromatic carbocycles. The molecule has 3 N–H and O–H groups in total. The zero-order chi connectivity index (χ0) is 12.4. The number of hydrogen-bond donors (Lipinski definition) is 2. The van der Waals surface area contributed by atoms with Crippen molar-refractivity contribution in [2.45, 2.75) is 13.5 Å². The van der Waals surface area contributed by atoms with Crippen molar-refractivity contribution in [2.24, 2.45) is 7.05 Å². The summed E-state index contributed by atoms with van der Waals surface area (Å²) in [5.74, 6) is 1.42. The van der Waals surface area contributed by atoms with Crippen LogP contribution in [0.4, 0.5) is 11.5 Å². The number of nitrogens with zero attached hydrogens (tertiary/aromatic N) is 4. The third-order valence-corrected chi connectivity index (χ3v) is 2.61. The third kappa shape index (κ3) is 2.47. The largest absolute Gasteiger partial charge is 0.394 e. The molecule has 7 heteroatoms. The summed E-state index contributed by atoms with van der Waals surface area (Å²) in [7, 11) is 1.92. The summed E-state index contributed by atoms with van der Waals surface area (Å²) in [4.78, 5) is 12.2. The van der Waals surface area contributed by atoms with Crippen LogP contribution in [-0.2, 0) is 13.6 Å². The van der Waals surface area contributed by atoms with Gasteiger partial charge in [0.05, 0.1) is 17.9 Å². The van der Waals surface area contributed by atoms with Gasteiger partial charge < -0.3 is 15.6 Å². The molecule has 0 aliphatic heterocycles. The predicted octanol–water partition coefficient (Wildman–Crippen LogP) is 1.37. The van der Waals surface area contributed by atoms with Gasteiger partial charge in [-0.25, -0.2) is 9.97 Å². The van der Waals surface area contributed by atoms with E-state index in [1.807, 2.05) is 17.8 Å². The smallest absolute Gasteiger partial charge is 0.224 e. The lowest BCUT2D eigenvalue weighted by atomic mass is 10.3. The van der Waals surface area contributed by atoms with Gasteiger partial charge in [-0.05, 0) is 18.5 Å². The van der Waals surface area contributed by atoms with Gasteiger partial charge in [0, 0.05) is 19.4 Å². The Morgan fingerprint density at radius 3 is 2.88 bits per heavy atom. The zero-order valence-electron chi connectivity index (χ0n) is 9.61. The first kappa shape index (κ1) is 11.7. The van der Waals surface area contributed by atoms with Crippen molar-refractivity contribution in [1.29, 1.82) is 0 Å². The van der Waals surface area contributed by atoms with Crippen LogP contribution in [0.15, 0.2) is 12.4 Å². The van der Waals surface area contributed by atoms with E-state index in [1.165, 1.54) is 0 Å². The highest BCUT2D eigenvalue weighted by molar-refractivity contribution is 6.28. The molecule has 17 heavy (non-hydrogen) atoms. The number of aromatic nitrogens is 4. The molecule has 2 heterocycles. The standard InChI is InChI=1S/C10H13ClN6/c1-6-8(12)9(16-10(11)15-6)14-5-7-13-3-4-17(7)2/h3-4H,5,12H2,1-2H3,(H,14,15,16). The number of halogens is 1. The Kier molecular flexibility index (Phi) is 3.14. The minimum atomic E-state index is 0.180. The van der Waals surface area contributed by atoms with Crippen LogP contribution in [0.1, 0.15) is 11.5 Å². The molecule has 0 fully saturated rings. The molecule has 2 aromatic heterocycles. The topological polar surface area (TPSA) is 81.7 Å². The molecule has 0 atom stereocenters. The lowest BCUT2D eigenvalue weighted by molar-refractivity contribution is 0.810. The normalized spacial score (nSPS) is 10.5. The van der Waals surface area contributed by atoms with Crippen LogP contribution in [0.3, 0.4) is 0 Å². The summed E-state index contributed by atoms with van der Waals surface area (Å²) in [6.45, 7) is 2.31. The number of nitrogens with two attached hydrogens (primary N) is 1. The second-order valence-corrected chi connectivity index (χ2v) is 3.99. The minimum Gasteiger partial charge on any atom is -0.394 e. The SMILES string of the molecule is Cc1nc(Cl)nc(NCc2nccn2C)c1N. The molecule has 0 saturated heterocycles. The van der Waals surface area contributed by atoms with Gasteiger partial charge in [0.2, 0.25) is 5.28 Å². The lowest BCUT2D eigenvalue weighted by Gasteiger charge is -2.09. The van der Waals surface area contributed by atoms with Gasteiger partial charge in [0.1, 0.15) is 5.82 Å². The summed E-state index contributed by atoms with van der Waals surface area (Å²) in [6.07, 6.45) is 3.61. The first-order chi connectivity index (χ1) is 8.08. The Balaban J connectivity index is 2.17. The van der Waals surface area contributed by atoms with E-state index in [0.717, 1.165) is 5.82 Å². The first-order valence-electron chi connectivity index (χ1n) is 5.07. The predicted molar refractivity (Wildman–Crippen MR) is 66.7 cm³/mol. The number of aryl methyl sites for hydroxylation is 2. The van der Waals surface area contributed by atoms with Gasteiger partial charge in [0.25, 0.3) is 0 Å². The fourth-order valence-electron chi connectivity index (χ4n) is 1.41. The molecule has 0 spiro atoms. The van der Waals surface area contributed by atoms with E-state index in [0.29, 0.717) is 23.7 Å². The second-order valence-electron chi connectivity index (χ2n) is 3.65. The molecule has 0 bridgehead atoms. The van der Waals surface area contributed by atoms with Crippen LogP contribution in [0.2, 0.25) is 5.28 Å². The van der Waals surface area contributed by atoms with Crippen molar-refractivity contribution in [1.82, 2.24) is 19.5 Å². The highest BCUT2D eigenvalue weighted by atomic mass is 35.5. The molecule has 0 unspecified atom stereocenters. The summed E-state index contributed by atoms with van der Waals surface area (Å²) >= 11 is 5.78. The molecule has 0 aliphatic rings. The molecular formula is C10H13ClN6. The van der Waals surface area contributed by atoms with E-state index in [4.69, 9.17) is 17.3 Å². The lowest BCUT2D eigenvalue weighted by Crippen LogP contribution is -2.10. The van der Waals surface area contributed by atoms with Crippen LogP contribution in [-0.4, -0.2) is 19.5 Å². The maximum absolute atomic E-state index is 5.86. The Morgan fingerprint density at radius 1 is 1.47 bits per heavy atom. The Hall–Kier alpha value is -1.82. The van der Waals surface area contributed by atoms with Crippen molar-refractivity contribution in [2.75, 3.05) is 11.1 Å². The van der Waals surface area contributed by atoms with Gasteiger partial charge in [-0.3, -0.25) is 0 Å². The van der Waals surface area contributed by atoms with Gasteiger partial charge in [-0.2, -0.15) is 4.98 Å². The fraction of sp³-hybridized carbons (Fsp3) is 0.300. The van der Waals surface area contributed by atoms with Crippen LogP contribution in [0, 0.1) is 6.92 Å². The summed E-state index contributed by atoms with van der Waals surface area (Å²) in [5.41, 5.74) is 7.02. The number of nitrogen functional groups attached to an aromatic ring is 1. The summed E-state index contributed by atoms with van der Waals surface area (Å²) < 4.78 is 1.92. The quantitative estimate of drug-likeness (QED) is 0.807. The van der Waals surface area contributed by atoms with Crippen molar-refractivity contribution >= 4 is 23.1 Å². The number of imidazole rings is 1. The van der Waals surface area contributed by atoms with Gasteiger partial charge in [0.15, 0.2) is 5.82 Å². The minimum absolute atomic E-state index is 0.180. The molecule has 0 saturated carbocycles. The van der Waals surface area contributed by atoms with E-state index >= 15 is 0 Å². The number of anilines is 2. The molecule has 0 amide bonds. The molecule has 2 rings (SSSR count). The molecule has 6 nitrogen and oxygen atoms in total. The van der Waals surface area contributed by atoms with Gasteiger partial charge in [-0.15, -0.1) is 0 Å². The van der Waals surface area contributed by atoms with Crippen molar-refractivity contribution in [3.8, 4) is 0 Å². The second kappa shape index (κ2) is 4.58. The van der Waals surface area contributed by atoms with Crippen LogP contribution >= 0.6 is 11.6 Å². The molecule has 2 aromatic rings. The highest BCUT2D eigenvalue weighted by Gasteiger charge is 2.08. The van der Waals surface area contributed by atoms with E-state index in [2.05, 4.69) is 20.3 Å². The molecule has 90 valence electrons. The van der Waals surface area contributed by atoms with Gasteiger partial charge in [-0.1, -0.05) is 0 Å². The number of nitrogens with one attached hydrogen (secondary N) is 1. The molecule has 0 radical (unpaired) electrons. The van der Waals surface area contributed by atoms with E-state index in [1.54, 1.807) is 13.1 Å². The van der Waals surface area contributed by atoms with Gasteiger partial charge >= 0.3 is 0 Å². The van der Waals surface area contributed by atoms with Crippen molar-refractivity contribution < 1.29 is 0 Å². The van der Waals surface area contributed by atoms with E-state index in [-0.39, 0.29) is 5.28 Å².